The van der Waals surface area contributed by atoms with Crippen molar-refractivity contribution in [2.45, 2.75) is 26.8 Å². The van der Waals surface area contributed by atoms with E-state index in [2.05, 4.69) is 10.6 Å². The predicted octanol–water partition coefficient (Wildman–Crippen LogP) is 0.923. The van der Waals surface area contributed by atoms with Crippen LogP contribution in [0.15, 0.2) is 18.2 Å². The Kier molecular flexibility index (Phi) is 6.30. The van der Waals surface area contributed by atoms with E-state index in [0.717, 1.165) is 0 Å². The summed E-state index contributed by atoms with van der Waals surface area (Å²) in [4.78, 5) is 33.1. The number of nitro benzene ring substituents is 1. The summed E-state index contributed by atoms with van der Waals surface area (Å²) in [6.45, 7) is 4.83. The number of benzene rings is 1. The van der Waals surface area contributed by atoms with E-state index in [0.29, 0.717) is 11.3 Å². The van der Waals surface area contributed by atoms with Crippen LogP contribution >= 0.6 is 0 Å². The van der Waals surface area contributed by atoms with Gasteiger partial charge in [-0.3, -0.25) is 19.7 Å². The Labute approximate surface area is 128 Å². The molecule has 8 nitrogen and oxygen atoms in total. The van der Waals surface area contributed by atoms with Gasteiger partial charge in [-0.2, -0.15) is 0 Å². The zero-order valence-corrected chi connectivity index (χ0v) is 12.7. The number of hydrogen-bond donors (Lipinski definition) is 2. The zero-order valence-electron chi connectivity index (χ0n) is 12.7. The highest BCUT2D eigenvalue weighted by Crippen LogP contribution is 2.22. The molecule has 0 aromatic heterocycles. The van der Waals surface area contributed by atoms with Crippen LogP contribution in [-0.4, -0.2) is 35.9 Å². The Morgan fingerprint density at radius 2 is 2.00 bits per heavy atom. The number of nitrogens with zero attached hydrogens (tertiary/aromatic N) is 1. The van der Waals surface area contributed by atoms with Crippen LogP contribution in [0.25, 0.3) is 0 Å². The molecule has 0 radical (unpaired) electrons. The normalized spacial score (nSPS) is 10.2. The first-order chi connectivity index (χ1) is 10.3. The molecule has 0 aliphatic carbocycles. The fourth-order valence-corrected chi connectivity index (χ4v) is 1.67. The van der Waals surface area contributed by atoms with Crippen molar-refractivity contribution in [3.8, 4) is 5.75 Å². The summed E-state index contributed by atoms with van der Waals surface area (Å²) in [5, 5.41) is 15.7. The van der Waals surface area contributed by atoms with E-state index in [1.54, 1.807) is 6.92 Å². The average molecular weight is 309 g/mol. The van der Waals surface area contributed by atoms with Gasteiger partial charge < -0.3 is 15.4 Å². The van der Waals surface area contributed by atoms with Gasteiger partial charge in [0.2, 0.25) is 5.91 Å². The molecule has 0 unspecified atom stereocenters. The third-order valence-electron chi connectivity index (χ3n) is 2.63. The molecule has 0 saturated carbocycles. The van der Waals surface area contributed by atoms with E-state index in [9.17, 15) is 19.7 Å². The van der Waals surface area contributed by atoms with Crippen LogP contribution in [0.2, 0.25) is 0 Å². The van der Waals surface area contributed by atoms with Gasteiger partial charge in [-0.1, -0.05) is 0 Å². The molecular weight excluding hydrogens is 290 g/mol. The molecule has 1 aromatic rings. The van der Waals surface area contributed by atoms with Crippen LogP contribution < -0.4 is 15.4 Å². The van der Waals surface area contributed by atoms with Crippen molar-refractivity contribution in [1.29, 1.82) is 0 Å². The van der Waals surface area contributed by atoms with Crippen LogP contribution in [0.4, 0.5) is 5.69 Å². The quantitative estimate of drug-likeness (QED) is 0.575. The Bertz CT molecular complexity index is 572. The van der Waals surface area contributed by atoms with Gasteiger partial charge in [0.05, 0.1) is 11.5 Å². The second-order valence-electron chi connectivity index (χ2n) is 4.99. The number of ether oxygens (including phenoxy) is 1. The molecule has 0 spiro atoms. The summed E-state index contributed by atoms with van der Waals surface area (Å²) in [7, 11) is 0. The Balaban J connectivity index is 2.43. The van der Waals surface area contributed by atoms with E-state index < -0.39 is 10.8 Å². The maximum atomic E-state index is 11.5. The summed E-state index contributed by atoms with van der Waals surface area (Å²) in [6.07, 6.45) is 0. The summed E-state index contributed by atoms with van der Waals surface area (Å²) in [5.41, 5.74) is 0.432. The van der Waals surface area contributed by atoms with Gasteiger partial charge in [0.25, 0.3) is 11.6 Å². The summed E-state index contributed by atoms with van der Waals surface area (Å²) in [6, 6.07) is 4.23. The molecule has 0 heterocycles. The lowest BCUT2D eigenvalue weighted by molar-refractivity contribution is -0.385. The van der Waals surface area contributed by atoms with E-state index in [4.69, 9.17) is 4.74 Å². The van der Waals surface area contributed by atoms with E-state index in [-0.39, 0.29) is 30.8 Å². The Hall–Kier alpha value is -2.64. The Morgan fingerprint density at radius 3 is 2.55 bits per heavy atom. The van der Waals surface area contributed by atoms with Gasteiger partial charge in [-0.05, 0) is 32.9 Å². The largest absolute Gasteiger partial charge is 0.484 e. The first-order valence-electron chi connectivity index (χ1n) is 6.73. The van der Waals surface area contributed by atoms with Crippen molar-refractivity contribution in [2.24, 2.45) is 0 Å². The number of aryl methyl sites for hydroxylation is 1. The van der Waals surface area contributed by atoms with Gasteiger partial charge in [0, 0.05) is 17.7 Å². The molecule has 1 rings (SSSR count). The number of carbonyl (C=O) groups is 2. The Morgan fingerprint density at radius 1 is 1.32 bits per heavy atom. The monoisotopic (exact) mass is 309 g/mol. The number of nitrogens with one attached hydrogen (secondary N) is 2. The number of amides is 2. The van der Waals surface area contributed by atoms with Crippen molar-refractivity contribution in [3.63, 3.8) is 0 Å². The first-order valence-corrected chi connectivity index (χ1v) is 6.73. The predicted molar refractivity (Wildman–Crippen MR) is 79.6 cm³/mol. The SMILES string of the molecule is Cc1cc(OCC(=O)NCC(=O)NC(C)C)ccc1[N+](=O)[O-]. The van der Waals surface area contributed by atoms with Gasteiger partial charge in [0.15, 0.2) is 6.61 Å². The number of rotatable bonds is 7. The van der Waals surface area contributed by atoms with Crippen LogP contribution in [0.1, 0.15) is 19.4 Å². The molecule has 0 fully saturated rings. The van der Waals surface area contributed by atoms with E-state index >= 15 is 0 Å². The number of nitro groups is 1. The van der Waals surface area contributed by atoms with Crippen molar-refractivity contribution in [3.05, 3.63) is 33.9 Å². The minimum absolute atomic E-state index is 0.00346. The zero-order chi connectivity index (χ0) is 16.7. The summed E-state index contributed by atoms with van der Waals surface area (Å²) < 4.78 is 5.23. The molecular formula is C14H19N3O5. The number of hydrogen-bond acceptors (Lipinski definition) is 5. The number of carbonyl (C=O) groups excluding carboxylic acids is 2. The second-order valence-corrected chi connectivity index (χ2v) is 4.99. The molecule has 0 bridgehead atoms. The van der Waals surface area contributed by atoms with Gasteiger partial charge in [-0.25, -0.2) is 0 Å². The maximum absolute atomic E-state index is 11.5. The van der Waals surface area contributed by atoms with E-state index in [1.165, 1.54) is 18.2 Å². The molecule has 0 saturated heterocycles. The maximum Gasteiger partial charge on any atom is 0.272 e. The topological polar surface area (TPSA) is 111 Å². The fourth-order valence-electron chi connectivity index (χ4n) is 1.67. The van der Waals surface area contributed by atoms with Gasteiger partial charge in [0.1, 0.15) is 5.75 Å². The summed E-state index contributed by atoms with van der Waals surface area (Å²) in [5.74, 6) is -0.380. The third-order valence-corrected chi connectivity index (χ3v) is 2.63. The third kappa shape index (κ3) is 5.78. The minimum atomic E-state index is -0.487. The summed E-state index contributed by atoms with van der Waals surface area (Å²) >= 11 is 0. The van der Waals surface area contributed by atoms with Crippen molar-refractivity contribution >= 4 is 17.5 Å². The lowest BCUT2D eigenvalue weighted by Crippen LogP contribution is -2.41. The minimum Gasteiger partial charge on any atom is -0.484 e. The molecule has 2 N–H and O–H groups in total. The lowest BCUT2D eigenvalue weighted by Gasteiger charge is -2.10. The molecule has 0 atom stereocenters. The van der Waals surface area contributed by atoms with Crippen LogP contribution in [0.3, 0.4) is 0 Å². The molecule has 120 valence electrons. The van der Waals surface area contributed by atoms with Crippen molar-refractivity contribution < 1.29 is 19.2 Å². The fraction of sp³-hybridized carbons (Fsp3) is 0.429. The van der Waals surface area contributed by atoms with Crippen LogP contribution in [0.5, 0.6) is 5.75 Å². The smallest absolute Gasteiger partial charge is 0.272 e. The first kappa shape index (κ1) is 17.4. The van der Waals surface area contributed by atoms with Gasteiger partial charge in [-0.15, -0.1) is 0 Å². The van der Waals surface area contributed by atoms with Crippen LogP contribution in [-0.2, 0) is 9.59 Å². The highest BCUT2D eigenvalue weighted by molar-refractivity contribution is 5.85. The molecule has 0 aliphatic rings. The molecule has 2 amide bonds. The lowest BCUT2D eigenvalue weighted by atomic mass is 10.2. The second kappa shape index (κ2) is 7.96. The van der Waals surface area contributed by atoms with Gasteiger partial charge >= 0.3 is 0 Å². The highest BCUT2D eigenvalue weighted by Gasteiger charge is 2.12. The average Bonchev–Trinajstić information content (AvgIpc) is 2.41. The molecule has 8 heteroatoms. The van der Waals surface area contributed by atoms with Crippen molar-refractivity contribution in [2.75, 3.05) is 13.2 Å². The van der Waals surface area contributed by atoms with E-state index in [1.807, 2.05) is 13.8 Å². The molecule has 0 aliphatic heterocycles. The molecule has 1 aromatic carbocycles. The van der Waals surface area contributed by atoms with Crippen LogP contribution in [0, 0.1) is 17.0 Å². The standard InChI is InChI=1S/C14H19N3O5/c1-9(2)16-13(18)7-15-14(19)8-22-11-4-5-12(17(20)21)10(3)6-11/h4-6,9H,7-8H2,1-3H3,(H,15,19)(H,16,18). The molecule has 22 heavy (non-hydrogen) atoms. The highest BCUT2D eigenvalue weighted by atomic mass is 16.6. The van der Waals surface area contributed by atoms with Crippen molar-refractivity contribution in [1.82, 2.24) is 10.6 Å².